The second kappa shape index (κ2) is 12.9. The molecule has 8 heteroatoms. The number of aryl methyl sites for hydroxylation is 2. The monoisotopic (exact) mass is 542 g/mol. The third kappa shape index (κ3) is 6.29. The van der Waals surface area contributed by atoms with Gasteiger partial charge in [-0.1, -0.05) is 62.7 Å². The molecule has 1 aromatic heterocycles. The lowest BCUT2D eigenvalue weighted by Gasteiger charge is -2.28. The Balaban J connectivity index is 1.74. The average molecular weight is 543 g/mol. The molecule has 1 aromatic carbocycles. The van der Waals surface area contributed by atoms with Crippen LogP contribution in [-0.2, 0) is 27.1 Å². The van der Waals surface area contributed by atoms with E-state index in [9.17, 15) is 15.3 Å². The molecule has 0 saturated heterocycles. The fraction of sp³-hybridized carbons (Fsp3) is 0.419. The Morgan fingerprint density at radius 1 is 1.15 bits per heavy atom. The van der Waals surface area contributed by atoms with Gasteiger partial charge < -0.3 is 15.2 Å². The summed E-state index contributed by atoms with van der Waals surface area (Å²) in [5.41, 5.74) is 11.2. The lowest BCUT2D eigenvalue weighted by atomic mass is 9.82. The highest BCUT2D eigenvalue weighted by Crippen LogP contribution is 2.41. The number of allylic oxidation sites excluding steroid dienone is 1. The van der Waals surface area contributed by atoms with Gasteiger partial charge in [0.25, 0.3) is 0 Å². The topological polar surface area (TPSA) is 122 Å². The number of nitrogens with zero attached hydrogens (tertiary/aromatic N) is 3. The molecule has 39 heavy (non-hydrogen) atoms. The van der Waals surface area contributed by atoms with Crippen molar-refractivity contribution in [2.24, 2.45) is 5.73 Å². The lowest BCUT2D eigenvalue weighted by molar-refractivity contribution is -0.139. The van der Waals surface area contributed by atoms with Crippen molar-refractivity contribution >= 4 is 17.7 Å². The molecule has 1 atom stereocenters. The van der Waals surface area contributed by atoms with Crippen LogP contribution in [-0.4, -0.2) is 23.3 Å². The molecule has 0 bridgehead atoms. The largest absolute Gasteiger partial charge is 0.463 e. The van der Waals surface area contributed by atoms with Gasteiger partial charge in [-0.25, -0.2) is 9.78 Å². The standard InChI is InChI=1S/C31H34N4O3S/c1-4-37-31(36)28-26(18-39-30-23(16-32)15-22-9-7-5-6-8-10-25(22)35-30)38-29(34)24(17-33)27(28)21-13-11-20(12-14-21)19(2)3/h11-15,19,27H,4-10,18,34H2,1-3H3. The van der Waals surface area contributed by atoms with Gasteiger partial charge in [0, 0.05) is 5.69 Å². The second-order valence-electron chi connectivity index (χ2n) is 10.1. The van der Waals surface area contributed by atoms with Gasteiger partial charge in [0.2, 0.25) is 5.88 Å². The van der Waals surface area contributed by atoms with E-state index in [4.69, 9.17) is 20.2 Å². The number of esters is 1. The van der Waals surface area contributed by atoms with Crippen molar-refractivity contribution in [3.8, 4) is 12.1 Å². The quantitative estimate of drug-likeness (QED) is 0.326. The first kappa shape index (κ1) is 28.3. The predicted molar refractivity (Wildman–Crippen MR) is 150 cm³/mol. The van der Waals surface area contributed by atoms with Gasteiger partial charge in [0.1, 0.15) is 28.5 Å². The van der Waals surface area contributed by atoms with Gasteiger partial charge in [0.05, 0.1) is 29.4 Å². The van der Waals surface area contributed by atoms with E-state index in [-0.39, 0.29) is 29.4 Å². The number of carbonyl (C=O) groups is 1. The first-order chi connectivity index (χ1) is 18.9. The minimum Gasteiger partial charge on any atom is -0.463 e. The number of rotatable bonds is 7. The van der Waals surface area contributed by atoms with Crippen LogP contribution in [0.15, 0.2) is 58.1 Å². The van der Waals surface area contributed by atoms with Crippen molar-refractivity contribution in [1.82, 2.24) is 4.98 Å². The van der Waals surface area contributed by atoms with Crippen molar-refractivity contribution < 1.29 is 14.3 Å². The van der Waals surface area contributed by atoms with Crippen LogP contribution in [0.1, 0.15) is 86.2 Å². The molecule has 2 aliphatic rings. The summed E-state index contributed by atoms with van der Waals surface area (Å²) in [7, 11) is 0. The summed E-state index contributed by atoms with van der Waals surface area (Å²) in [6.45, 7) is 6.12. The summed E-state index contributed by atoms with van der Waals surface area (Å²) in [6.07, 6.45) is 6.37. The Labute approximate surface area is 234 Å². The molecule has 4 rings (SSSR count). The molecular weight excluding hydrogens is 508 g/mol. The number of thioether (sulfide) groups is 1. The molecule has 1 aliphatic carbocycles. The van der Waals surface area contributed by atoms with Gasteiger partial charge in [-0.2, -0.15) is 10.5 Å². The molecule has 1 aliphatic heterocycles. The fourth-order valence-corrected chi connectivity index (χ4v) is 5.97. The van der Waals surface area contributed by atoms with Crippen molar-refractivity contribution in [1.29, 1.82) is 10.5 Å². The molecule has 0 fully saturated rings. The number of hydrogen-bond acceptors (Lipinski definition) is 8. The molecule has 0 radical (unpaired) electrons. The first-order valence-electron chi connectivity index (χ1n) is 13.5. The first-order valence-corrected chi connectivity index (χ1v) is 14.5. The van der Waals surface area contributed by atoms with E-state index in [1.165, 1.54) is 24.6 Å². The molecule has 0 spiro atoms. The lowest BCUT2D eigenvalue weighted by Crippen LogP contribution is -2.27. The zero-order valence-electron chi connectivity index (χ0n) is 22.8. The van der Waals surface area contributed by atoms with E-state index in [1.54, 1.807) is 6.92 Å². The van der Waals surface area contributed by atoms with Crippen LogP contribution in [0.5, 0.6) is 0 Å². The molecular formula is C31H34N4O3S. The number of hydrogen-bond donors (Lipinski definition) is 1. The molecule has 0 amide bonds. The number of nitrogens with two attached hydrogens (primary N) is 1. The van der Waals surface area contributed by atoms with E-state index in [1.807, 2.05) is 30.3 Å². The normalized spacial score (nSPS) is 17.4. The maximum absolute atomic E-state index is 13.3. The average Bonchev–Trinajstić information content (AvgIpc) is 2.92. The van der Waals surface area contributed by atoms with E-state index < -0.39 is 11.9 Å². The highest BCUT2D eigenvalue weighted by atomic mass is 32.2. The number of carbonyl (C=O) groups excluding carboxylic acids is 1. The van der Waals surface area contributed by atoms with Crippen molar-refractivity contribution in [2.45, 2.75) is 76.2 Å². The SMILES string of the molecule is CCOC(=O)C1=C(CSc2nc3c(cc2C#N)CCCCCC3)OC(N)=C(C#N)C1c1ccc(C(C)C)cc1. The van der Waals surface area contributed by atoms with Gasteiger partial charge in [-0.05, 0) is 61.3 Å². The molecule has 0 saturated carbocycles. The highest BCUT2D eigenvalue weighted by molar-refractivity contribution is 7.99. The second-order valence-corrected chi connectivity index (χ2v) is 11.0. The van der Waals surface area contributed by atoms with Crippen LogP contribution in [0.2, 0.25) is 0 Å². The summed E-state index contributed by atoms with van der Waals surface area (Å²) in [5, 5.41) is 20.5. The van der Waals surface area contributed by atoms with Crippen LogP contribution >= 0.6 is 11.8 Å². The van der Waals surface area contributed by atoms with Gasteiger partial charge in [0.15, 0.2) is 0 Å². The molecule has 2 aromatic rings. The summed E-state index contributed by atoms with van der Waals surface area (Å²) in [4.78, 5) is 18.2. The Kier molecular flexibility index (Phi) is 9.32. The predicted octanol–water partition coefficient (Wildman–Crippen LogP) is 6.15. The summed E-state index contributed by atoms with van der Waals surface area (Å²) in [6, 6.07) is 14.2. The van der Waals surface area contributed by atoms with Crippen molar-refractivity contribution in [3.63, 3.8) is 0 Å². The van der Waals surface area contributed by atoms with Crippen molar-refractivity contribution in [3.05, 3.63) is 81.1 Å². The number of fused-ring (bicyclic) bond motifs is 1. The third-order valence-electron chi connectivity index (χ3n) is 7.15. The van der Waals surface area contributed by atoms with Crippen LogP contribution in [0.3, 0.4) is 0 Å². The van der Waals surface area contributed by atoms with Crippen LogP contribution in [0, 0.1) is 22.7 Å². The minimum atomic E-state index is -0.723. The van der Waals surface area contributed by atoms with E-state index in [0.717, 1.165) is 48.1 Å². The smallest absolute Gasteiger partial charge is 0.338 e. The van der Waals surface area contributed by atoms with Gasteiger partial charge in [-0.15, -0.1) is 0 Å². The summed E-state index contributed by atoms with van der Waals surface area (Å²) in [5.74, 6) is -0.467. The molecule has 202 valence electrons. The molecule has 2 heterocycles. The van der Waals surface area contributed by atoms with Crippen LogP contribution in [0.25, 0.3) is 0 Å². The van der Waals surface area contributed by atoms with E-state index in [0.29, 0.717) is 22.3 Å². The van der Waals surface area contributed by atoms with Crippen molar-refractivity contribution in [2.75, 3.05) is 12.4 Å². The molecule has 7 nitrogen and oxygen atoms in total. The summed E-state index contributed by atoms with van der Waals surface area (Å²) >= 11 is 1.33. The molecule has 1 unspecified atom stereocenters. The number of aromatic nitrogens is 1. The Bertz CT molecular complexity index is 1380. The number of nitriles is 2. The Morgan fingerprint density at radius 2 is 1.87 bits per heavy atom. The number of ether oxygens (including phenoxy) is 2. The maximum Gasteiger partial charge on any atom is 0.338 e. The van der Waals surface area contributed by atoms with Gasteiger partial charge in [-0.3, -0.25) is 0 Å². The number of benzene rings is 1. The Hall–Kier alpha value is -3.75. The fourth-order valence-electron chi connectivity index (χ4n) is 5.06. The minimum absolute atomic E-state index is 0.0364. The summed E-state index contributed by atoms with van der Waals surface area (Å²) < 4.78 is 11.3. The zero-order valence-corrected chi connectivity index (χ0v) is 23.6. The van der Waals surface area contributed by atoms with Crippen LogP contribution in [0.4, 0.5) is 0 Å². The third-order valence-corrected chi connectivity index (χ3v) is 8.15. The maximum atomic E-state index is 13.3. The zero-order chi connectivity index (χ0) is 27.9. The molecule has 2 N–H and O–H groups in total. The number of pyridine rings is 1. The highest BCUT2D eigenvalue weighted by Gasteiger charge is 2.37. The Morgan fingerprint density at radius 3 is 2.51 bits per heavy atom. The van der Waals surface area contributed by atoms with E-state index >= 15 is 0 Å². The van der Waals surface area contributed by atoms with Crippen LogP contribution < -0.4 is 5.73 Å². The van der Waals surface area contributed by atoms with E-state index in [2.05, 4.69) is 26.0 Å². The van der Waals surface area contributed by atoms with Gasteiger partial charge >= 0.3 is 5.97 Å².